The fourth-order valence-electron chi connectivity index (χ4n) is 1.53. The van der Waals surface area contributed by atoms with E-state index in [2.05, 4.69) is 21.2 Å². The van der Waals surface area contributed by atoms with Crippen LogP contribution in [0, 0.1) is 0 Å². The average Bonchev–Trinajstić information content (AvgIpc) is 2.35. The van der Waals surface area contributed by atoms with Gasteiger partial charge in [-0.15, -0.1) is 0 Å². The van der Waals surface area contributed by atoms with Gasteiger partial charge < -0.3 is 10.4 Å². The highest BCUT2D eigenvalue weighted by atomic mass is 79.9. The van der Waals surface area contributed by atoms with Gasteiger partial charge in [0.15, 0.2) is 15.9 Å². The van der Waals surface area contributed by atoms with Crippen LogP contribution in [-0.4, -0.2) is 35.9 Å². The predicted octanol–water partition coefficient (Wildman–Crippen LogP) is 1.90. The number of sulfone groups is 1. The van der Waals surface area contributed by atoms with E-state index in [0.717, 1.165) is 4.47 Å². The van der Waals surface area contributed by atoms with Gasteiger partial charge in [0.25, 0.3) is 0 Å². The van der Waals surface area contributed by atoms with E-state index in [4.69, 9.17) is 0 Å². The summed E-state index contributed by atoms with van der Waals surface area (Å²) in [6.45, 7) is 4.46. The fourth-order valence-corrected chi connectivity index (χ4v) is 2.66. The van der Waals surface area contributed by atoms with Crippen molar-refractivity contribution in [1.29, 1.82) is 0 Å². The molecule has 1 amide bonds. The first-order valence-corrected chi connectivity index (χ1v) is 8.88. The van der Waals surface area contributed by atoms with Crippen LogP contribution in [0.3, 0.4) is 0 Å². The number of benzene rings is 1. The summed E-state index contributed by atoms with van der Waals surface area (Å²) in [6.07, 6.45) is 0. The minimum atomic E-state index is -3.67. The van der Waals surface area contributed by atoms with Crippen LogP contribution in [0.25, 0.3) is 0 Å². The Hall–Kier alpha value is -1.41. The summed E-state index contributed by atoms with van der Waals surface area (Å²) in [7, 11) is -3.67. The minimum absolute atomic E-state index is 0.359. The molecule has 0 saturated carbocycles. The van der Waals surface area contributed by atoms with E-state index in [9.17, 15) is 23.1 Å². The van der Waals surface area contributed by atoms with E-state index >= 15 is 0 Å². The Kier molecular flexibility index (Phi) is 5.75. The van der Waals surface area contributed by atoms with Gasteiger partial charge in [-0.3, -0.25) is 4.79 Å². The number of amides is 1. The van der Waals surface area contributed by atoms with Crippen molar-refractivity contribution in [3.8, 4) is 0 Å². The Labute approximate surface area is 138 Å². The third-order valence-corrected chi connectivity index (χ3v) is 6.05. The molecule has 122 valence electrons. The van der Waals surface area contributed by atoms with Gasteiger partial charge in [-0.25, -0.2) is 13.2 Å². The van der Waals surface area contributed by atoms with E-state index in [1.54, 1.807) is 24.3 Å². The highest BCUT2D eigenvalue weighted by molar-refractivity contribution is 9.10. The Balaban J connectivity index is 2.91. The Bertz CT molecular complexity index is 661. The lowest BCUT2D eigenvalue weighted by molar-refractivity contribution is -0.141. The van der Waals surface area contributed by atoms with Crippen molar-refractivity contribution >= 4 is 37.6 Å². The number of rotatable bonds is 5. The van der Waals surface area contributed by atoms with Gasteiger partial charge >= 0.3 is 5.97 Å². The number of carbonyl (C=O) groups excluding carboxylic acids is 1. The number of aliphatic carboxylic acids is 1. The van der Waals surface area contributed by atoms with Gasteiger partial charge in [0.05, 0.1) is 4.75 Å². The van der Waals surface area contributed by atoms with Crippen molar-refractivity contribution in [2.75, 3.05) is 5.75 Å². The third kappa shape index (κ3) is 4.81. The molecule has 0 aliphatic carbocycles. The maximum atomic E-state index is 12.0. The zero-order valence-electron chi connectivity index (χ0n) is 12.5. The maximum absolute atomic E-state index is 12.0. The summed E-state index contributed by atoms with van der Waals surface area (Å²) in [5.74, 6) is -2.86. The Morgan fingerprint density at radius 3 is 2.14 bits per heavy atom. The molecule has 0 radical (unpaired) electrons. The standard InChI is InChI=1S/C14H18BrNO5S/c1-14(2,3)22(20,21)8-11(17)16-12(13(18)19)9-4-6-10(15)7-5-9/h4-7,12H,8H2,1-3H3,(H,16,17)(H,18,19). The molecule has 1 atom stereocenters. The number of halogens is 1. The molecule has 0 aliphatic rings. The number of hydrogen-bond acceptors (Lipinski definition) is 4. The molecule has 6 nitrogen and oxygen atoms in total. The molecular weight excluding hydrogens is 374 g/mol. The largest absolute Gasteiger partial charge is 0.479 e. The number of carboxylic acid groups (broad SMARTS) is 1. The van der Waals surface area contributed by atoms with Crippen LogP contribution in [0.15, 0.2) is 28.7 Å². The first-order valence-electron chi connectivity index (χ1n) is 6.44. The van der Waals surface area contributed by atoms with Gasteiger partial charge in [-0.1, -0.05) is 28.1 Å². The van der Waals surface area contributed by atoms with Crippen molar-refractivity contribution < 1.29 is 23.1 Å². The molecule has 2 N–H and O–H groups in total. The van der Waals surface area contributed by atoms with E-state index in [1.807, 2.05) is 0 Å². The lowest BCUT2D eigenvalue weighted by Crippen LogP contribution is -2.41. The number of nitrogens with one attached hydrogen (secondary N) is 1. The summed E-state index contributed by atoms with van der Waals surface area (Å²) in [5, 5.41) is 11.5. The molecule has 0 heterocycles. The van der Waals surface area contributed by atoms with Crippen molar-refractivity contribution in [1.82, 2.24) is 5.32 Å². The normalized spacial score (nSPS) is 13.5. The van der Waals surface area contributed by atoms with Crippen LogP contribution in [-0.2, 0) is 19.4 Å². The van der Waals surface area contributed by atoms with E-state index in [-0.39, 0.29) is 0 Å². The summed E-state index contributed by atoms with van der Waals surface area (Å²) in [5.41, 5.74) is 0.359. The van der Waals surface area contributed by atoms with Crippen molar-refractivity contribution in [3.63, 3.8) is 0 Å². The highest BCUT2D eigenvalue weighted by Crippen LogP contribution is 2.19. The SMILES string of the molecule is CC(C)(C)S(=O)(=O)CC(=O)NC(C(=O)O)c1ccc(Br)cc1. The first-order chi connectivity index (χ1) is 9.94. The predicted molar refractivity (Wildman–Crippen MR) is 86.2 cm³/mol. The number of carbonyl (C=O) groups is 2. The smallest absolute Gasteiger partial charge is 0.330 e. The van der Waals surface area contributed by atoms with E-state index in [0.29, 0.717) is 5.56 Å². The molecule has 1 rings (SSSR count). The summed E-state index contributed by atoms with van der Waals surface area (Å²) in [6, 6.07) is 5.07. The minimum Gasteiger partial charge on any atom is -0.479 e. The van der Waals surface area contributed by atoms with Crippen molar-refractivity contribution in [2.24, 2.45) is 0 Å². The molecule has 0 aromatic heterocycles. The van der Waals surface area contributed by atoms with Gasteiger partial charge in [0, 0.05) is 4.47 Å². The van der Waals surface area contributed by atoms with Crippen molar-refractivity contribution in [2.45, 2.75) is 31.6 Å². The Morgan fingerprint density at radius 2 is 1.73 bits per heavy atom. The van der Waals surface area contributed by atoms with Crippen LogP contribution >= 0.6 is 15.9 Å². The van der Waals surface area contributed by atoms with Crippen LogP contribution < -0.4 is 5.32 Å². The molecule has 22 heavy (non-hydrogen) atoms. The van der Waals surface area contributed by atoms with Crippen molar-refractivity contribution in [3.05, 3.63) is 34.3 Å². The zero-order chi connectivity index (χ0) is 17.1. The quantitative estimate of drug-likeness (QED) is 0.797. The van der Waals surface area contributed by atoms with Crippen LogP contribution in [0.5, 0.6) is 0 Å². The van der Waals surface area contributed by atoms with Crippen LogP contribution in [0.4, 0.5) is 0 Å². The molecule has 1 aromatic rings. The number of carboxylic acids is 1. The highest BCUT2D eigenvalue weighted by Gasteiger charge is 2.32. The van der Waals surface area contributed by atoms with Crippen LogP contribution in [0.1, 0.15) is 32.4 Å². The molecule has 0 bridgehead atoms. The summed E-state index contributed by atoms with van der Waals surface area (Å²) >= 11 is 3.23. The van der Waals surface area contributed by atoms with Gasteiger partial charge in [0.1, 0.15) is 5.75 Å². The average molecular weight is 392 g/mol. The second-order valence-electron chi connectivity index (χ2n) is 5.76. The zero-order valence-corrected chi connectivity index (χ0v) is 14.9. The lowest BCUT2D eigenvalue weighted by atomic mass is 10.1. The molecular formula is C14H18BrNO5S. The molecule has 0 saturated heterocycles. The summed E-state index contributed by atoms with van der Waals surface area (Å²) in [4.78, 5) is 23.2. The fraction of sp³-hybridized carbons (Fsp3) is 0.429. The molecule has 0 spiro atoms. The first kappa shape index (κ1) is 18.6. The second kappa shape index (κ2) is 6.78. The van der Waals surface area contributed by atoms with Crippen LogP contribution in [0.2, 0.25) is 0 Å². The topological polar surface area (TPSA) is 101 Å². The maximum Gasteiger partial charge on any atom is 0.330 e. The lowest BCUT2D eigenvalue weighted by Gasteiger charge is -2.20. The Morgan fingerprint density at radius 1 is 1.23 bits per heavy atom. The molecule has 0 fully saturated rings. The summed E-state index contributed by atoms with van der Waals surface area (Å²) < 4.78 is 23.6. The second-order valence-corrected chi connectivity index (χ2v) is 9.42. The van der Waals surface area contributed by atoms with E-state index in [1.165, 1.54) is 20.8 Å². The molecule has 8 heteroatoms. The monoisotopic (exact) mass is 391 g/mol. The van der Waals surface area contributed by atoms with Gasteiger partial charge in [-0.05, 0) is 38.5 Å². The van der Waals surface area contributed by atoms with Gasteiger partial charge in [0.2, 0.25) is 5.91 Å². The molecule has 0 aliphatic heterocycles. The molecule has 1 unspecified atom stereocenters. The number of hydrogen-bond donors (Lipinski definition) is 2. The van der Waals surface area contributed by atoms with E-state index < -0.39 is 38.3 Å². The van der Waals surface area contributed by atoms with Gasteiger partial charge in [-0.2, -0.15) is 0 Å². The third-order valence-electron chi connectivity index (χ3n) is 3.01. The molecule has 1 aromatic carbocycles.